The van der Waals surface area contributed by atoms with Gasteiger partial charge in [-0.25, -0.2) is 0 Å². The third kappa shape index (κ3) is 2.54. The third-order valence-electron chi connectivity index (χ3n) is 2.86. The zero-order valence-corrected chi connectivity index (χ0v) is 10.6. The van der Waals surface area contributed by atoms with E-state index in [-0.39, 0.29) is 5.22 Å². The van der Waals surface area contributed by atoms with Crippen molar-refractivity contribution in [2.75, 3.05) is 0 Å². The summed E-state index contributed by atoms with van der Waals surface area (Å²) in [5.41, 5.74) is 2.67. The summed E-state index contributed by atoms with van der Waals surface area (Å²) in [4.78, 5) is 0. The number of aliphatic hydroxyl groups excluding tert-OH is 1. The molecule has 1 atom stereocenters. The second kappa shape index (κ2) is 4.94. The first-order chi connectivity index (χ1) is 8.09. The molecule has 17 heavy (non-hydrogen) atoms. The van der Waals surface area contributed by atoms with E-state index in [9.17, 15) is 5.11 Å². The van der Waals surface area contributed by atoms with Crippen molar-refractivity contribution in [3.05, 3.63) is 58.5 Å². The van der Waals surface area contributed by atoms with Gasteiger partial charge in [0.15, 0.2) is 5.22 Å². The molecule has 1 heterocycles. The molecule has 0 amide bonds. The summed E-state index contributed by atoms with van der Waals surface area (Å²) in [7, 11) is 0. The number of hydrogen-bond acceptors (Lipinski definition) is 2. The van der Waals surface area contributed by atoms with Crippen molar-refractivity contribution in [1.82, 2.24) is 0 Å². The van der Waals surface area contributed by atoms with Crippen molar-refractivity contribution >= 4 is 11.6 Å². The van der Waals surface area contributed by atoms with Crippen LogP contribution in [0.25, 0.3) is 0 Å². The standard InChI is InChI=1S/C14H15ClO2/c1-9(2)10-3-5-11(6-4-10)13(16)12-7-8-17-14(12)15/h3-9,13,16H,1-2H3. The Balaban J connectivity index is 2.26. The fourth-order valence-electron chi connectivity index (χ4n) is 1.74. The van der Waals surface area contributed by atoms with Gasteiger partial charge in [0.25, 0.3) is 0 Å². The van der Waals surface area contributed by atoms with E-state index in [4.69, 9.17) is 16.0 Å². The molecule has 0 aliphatic carbocycles. The van der Waals surface area contributed by atoms with Gasteiger partial charge in [0, 0.05) is 5.56 Å². The zero-order valence-electron chi connectivity index (χ0n) is 9.85. The highest BCUT2D eigenvalue weighted by molar-refractivity contribution is 6.29. The van der Waals surface area contributed by atoms with Crippen molar-refractivity contribution < 1.29 is 9.52 Å². The average molecular weight is 251 g/mol. The van der Waals surface area contributed by atoms with Gasteiger partial charge in [-0.2, -0.15) is 0 Å². The molecule has 0 bridgehead atoms. The number of halogens is 1. The minimum atomic E-state index is -0.734. The number of benzene rings is 1. The highest BCUT2D eigenvalue weighted by atomic mass is 35.5. The lowest BCUT2D eigenvalue weighted by Crippen LogP contribution is -1.99. The lowest BCUT2D eigenvalue weighted by Gasteiger charge is -2.11. The molecule has 0 aliphatic heterocycles. The van der Waals surface area contributed by atoms with Crippen molar-refractivity contribution in [3.63, 3.8) is 0 Å². The fraction of sp³-hybridized carbons (Fsp3) is 0.286. The van der Waals surface area contributed by atoms with E-state index in [1.54, 1.807) is 6.07 Å². The Bertz CT molecular complexity index is 485. The molecule has 0 saturated carbocycles. The van der Waals surface area contributed by atoms with E-state index in [1.165, 1.54) is 11.8 Å². The van der Waals surface area contributed by atoms with E-state index >= 15 is 0 Å². The van der Waals surface area contributed by atoms with E-state index < -0.39 is 6.10 Å². The number of rotatable bonds is 3. The third-order valence-corrected chi connectivity index (χ3v) is 3.17. The summed E-state index contributed by atoms with van der Waals surface area (Å²) in [5.74, 6) is 0.485. The van der Waals surface area contributed by atoms with Crippen LogP contribution in [-0.4, -0.2) is 5.11 Å². The van der Waals surface area contributed by atoms with Gasteiger partial charge in [0.2, 0.25) is 0 Å². The topological polar surface area (TPSA) is 33.4 Å². The Labute approximate surface area is 106 Å². The van der Waals surface area contributed by atoms with Crippen molar-refractivity contribution in [1.29, 1.82) is 0 Å². The Kier molecular flexibility index (Phi) is 3.55. The fourth-order valence-corrected chi connectivity index (χ4v) is 1.96. The van der Waals surface area contributed by atoms with Gasteiger partial charge in [-0.15, -0.1) is 0 Å². The lowest BCUT2D eigenvalue weighted by atomic mass is 9.98. The molecule has 1 N–H and O–H groups in total. The molecule has 2 aromatic rings. The molecule has 2 nitrogen and oxygen atoms in total. The quantitative estimate of drug-likeness (QED) is 0.888. The van der Waals surface area contributed by atoms with Gasteiger partial charge < -0.3 is 9.52 Å². The molecule has 1 aromatic heterocycles. The van der Waals surface area contributed by atoms with Crippen LogP contribution in [0, 0.1) is 0 Å². The minimum Gasteiger partial charge on any atom is -0.453 e. The van der Waals surface area contributed by atoms with Gasteiger partial charge >= 0.3 is 0 Å². The van der Waals surface area contributed by atoms with Crippen LogP contribution in [0.15, 0.2) is 41.0 Å². The zero-order chi connectivity index (χ0) is 12.4. The predicted octanol–water partition coefficient (Wildman–Crippen LogP) is 4.14. The van der Waals surface area contributed by atoms with Crippen LogP contribution in [0.3, 0.4) is 0 Å². The SMILES string of the molecule is CC(C)c1ccc(C(O)c2ccoc2Cl)cc1. The average Bonchev–Trinajstić information content (AvgIpc) is 2.74. The van der Waals surface area contributed by atoms with Crippen LogP contribution < -0.4 is 0 Å². The molecular weight excluding hydrogens is 236 g/mol. The van der Waals surface area contributed by atoms with Crippen LogP contribution in [0.1, 0.15) is 42.6 Å². The van der Waals surface area contributed by atoms with Gasteiger partial charge in [0.1, 0.15) is 6.10 Å². The second-order valence-electron chi connectivity index (χ2n) is 4.37. The highest BCUT2D eigenvalue weighted by Crippen LogP contribution is 2.29. The van der Waals surface area contributed by atoms with E-state index in [0.29, 0.717) is 11.5 Å². The Morgan fingerprint density at radius 1 is 1.06 bits per heavy atom. The monoisotopic (exact) mass is 250 g/mol. The molecule has 0 radical (unpaired) electrons. The van der Waals surface area contributed by atoms with Crippen LogP contribution in [0.5, 0.6) is 0 Å². The molecule has 1 unspecified atom stereocenters. The minimum absolute atomic E-state index is 0.241. The molecule has 90 valence electrons. The molecule has 2 rings (SSSR count). The first-order valence-corrected chi connectivity index (χ1v) is 5.98. The second-order valence-corrected chi connectivity index (χ2v) is 4.72. The summed E-state index contributed by atoms with van der Waals surface area (Å²) >= 11 is 5.84. The van der Waals surface area contributed by atoms with Crippen molar-refractivity contribution in [2.45, 2.75) is 25.9 Å². The maximum Gasteiger partial charge on any atom is 0.199 e. The maximum absolute atomic E-state index is 10.1. The molecular formula is C14H15ClO2. The number of furan rings is 1. The molecule has 1 aromatic carbocycles. The number of aliphatic hydroxyl groups is 1. The summed E-state index contributed by atoms with van der Waals surface area (Å²) in [6, 6.07) is 9.57. The van der Waals surface area contributed by atoms with Crippen molar-refractivity contribution in [3.8, 4) is 0 Å². The van der Waals surface area contributed by atoms with E-state index in [1.807, 2.05) is 24.3 Å². The largest absolute Gasteiger partial charge is 0.453 e. The van der Waals surface area contributed by atoms with Gasteiger partial charge in [-0.05, 0) is 34.7 Å². The highest BCUT2D eigenvalue weighted by Gasteiger charge is 2.16. The van der Waals surface area contributed by atoms with Crippen LogP contribution >= 0.6 is 11.6 Å². The Hall–Kier alpha value is -1.25. The van der Waals surface area contributed by atoms with Gasteiger partial charge in [-0.3, -0.25) is 0 Å². The van der Waals surface area contributed by atoms with Crippen LogP contribution in [0.2, 0.25) is 5.22 Å². The molecule has 3 heteroatoms. The summed E-state index contributed by atoms with van der Waals surface area (Å²) < 4.78 is 4.97. The molecule has 0 saturated heterocycles. The predicted molar refractivity (Wildman–Crippen MR) is 68.3 cm³/mol. The Morgan fingerprint density at radius 3 is 2.12 bits per heavy atom. The molecule has 0 fully saturated rings. The van der Waals surface area contributed by atoms with Crippen LogP contribution in [-0.2, 0) is 0 Å². The smallest absolute Gasteiger partial charge is 0.199 e. The van der Waals surface area contributed by atoms with Gasteiger partial charge in [-0.1, -0.05) is 38.1 Å². The summed E-state index contributed by atoms with van der Waals surface area (Å²) in [6.07, 6.45) is 0.742. The van der Waals surface area contributed by atoms with E-state index in [0.717, 1.165) is 5.56 Å². The van der Waals surface area contributed by atoms with Crippen molar-refractivity contribution in [2.24, 2.45) is 0 Å². The maximum atomic E-state index is 10.1. The van der Waals surface area contributed by atoms with E-state index in [2.05, 4.69) is 13.8 Å². The first-order valence-electron chi connectivity index (χ1n) is 5.60. The normalized spacial score (nSPS) is 13.0. The molecule has 0 spiro atoms. The molecule has 0 aliphatic rings. The number of hydrogen-bond donors (Lipinski definition) is 1. The van der Waals surface area contributed by atoms with Crippen LogP contribution in [0.4, 0.5) is 0 Å². The Morgan fingerprint density at radius 2 is 1.65 bits per heavy atom. The summed E-state index contributed by atoms with van der Waals surface area (Å²) in [5, 5.41) is 10.4. The first kappa shape index (κ1) is 12.2. The summed E-state index contributed by atoms with van der Waals surface area (Å²) in [6.45, 7) is 4.27. The van der Waals surface area contributed by atoms with Gasteiger partial charge in [0.05, 0.1) is 6.26 Å². The lowest BCUT2D eigenvalue weighted by molar-refractivity contribution is 0.219.